The monoisotopic (exact) mass is 389 g/mol. The van der Waals surface area contributed by atoms with Crippen LogP contribution in [0.3, 0.4) is 0 Å². The van der Waals surface area contributed by atoms with Gasteiger partial charge in [0.05, 0.1) is 0 Å². The Morgan fingerprint density at radius 2 is 1.83 bits per heavy atom. The number of amides is 1. The van der Waals surface area contributed by atoms with Crippen molar-refractivity contribution >= 4 is 11.7 Å². The molecule has 6 nitrogen and oxygen atoms in total. The molecule has 1 unspecified atom stereocenters. The first-order valence-corrected chi connectivity index (χ1v) is 9.92. The Labute approximate surface area is 172 Å². The van der Waals surface area contributed by atoms with Crippen LogP contribution in [0.2, 0.25) is 0 Å². The van der Waals surface area contributed by atoms with Crippen LogP contribution in [-0.2, 0) is 6.42 Å². The van der Waals surface area contributed by atoms with E-state index < -0.39 is 0 Å². The molecule has 3 rings (SSSR count). The summed E-state index contributed by atoms with van der Waals surface area (Å²) in [6, 6.07) is 15.6. The predicted molar refractivity (Wildman–Crippen MR) is 116 cm³/mol. The summed E-state index contributed by atoms with van der Waals surface area (Å²) in [5.74, 6) is 1.10. The highest BCUT2D eigenvalue weighted by molar-refractivity contribution is 5.93. The van der Waals surface area contributed by atoms with Crippen molar-refractivity contribution in [2.24, 2.45) is 0 Å². The number of aromatic nitrogens is 3. The Hall–Kier alpha value is -3.28. The molecule has 2 aromatic heterocycles. The third kappa shape index (κ3) is 5.60. The van der Waals surface area contributed by atoms with Gasteiger partial charge in [-0.05, 0) is 37.5 Å². The number of nitrogens with one attached hydrogen (secondary N) is 1. The molecule has 0 fully saturated rings. The van der Waals surface area contributed by atoms with E-state index in [9.17, 15) is 4.79 Å². The average Bonchev–Trinajstić information content (AvgIpc) is 2.78. The Morgan fingerprint density at radius 1 is 1.10 bits per heavy atom. The lowest BCUT2D eigenvalue weighted by Gasteiger charge is -2.20. The Kier molecular flexibility index (Phi) is 6.89. The molecule has 0 bridgehead atoms. The van der Waals surface area contributed by atoms with E-state index in [0.717, 1.165) is 30.8 Å². The zero-order valence-electron chi connectivity index (χ0n) is 17.2. The lowest BCUT2D eigenvalue weighted by molar-refractivity contribution is 0.0934. The minimum atomic E-state index is -0.178. The first kappa shape index (κ1) is 20.5. The molecule has 1 atom stereocenters. The molecule has 0 saturated heterocycles. The van der Waals surface area contributed by atoms with Gasteiger partial charge in [-0.1, -0.05) is 37.3 Å². The second-order valence-corrected chi connectivity index (χ2v) is 7.11. The third-order valence-electron chi connectivity index (χ3n) is 4.84. The zero-order chi connectivity index (χ0) is 20.6. The topological polar surface area (TPSA) is 71.0 Å². The van der Waals surface area contributed by atoms with Crippen LogP contribution in [0.25, 0.3) is 11.4 Å². The van der Waals surface area contributed by atoms with Gasteiger partial charge in [-0.25, -0.2) is 9.97 Å². The fourth-order valence-electron chi connectivity index (χ4n) is 2.82. The van der Waals surface area contributed by atoms with E-state index in [1.54, 1.807) is 18.5 Å². The number of carbonyl (C=O) groups excluding carboxylic acids is 1. The van der Waals surface area contributed by atoms with Crippen molar-refractivity contribution < 1.29 is 4.79 Å². The summed E-state index contributed by atoms with van der Waals surface area (Å²) in [6.07, 6.45) is 5.31. The molecule has 150 valence electrons. The standard InChI is InChI=1S/C23H27N5O/c1-4-17(2)25-23(29)20-16-21(27-22(26-20)19-8-6-5-7-9-19)28(3)15-12-18-10-13-24-14-11-18/h5-11,13-14,16-17H,4,12,15H2,1-3H3,(H,25,29). The van der Waals surface area contributed by atoms with E-state index in [1.807, 2.05) is 63.4 Å². The van der Waals surface area contributed by atoms with Gasteiger partial charge in [-0.15, -0.1) is 0 Å². The summed E-state index contributed by atoms with van der Waals surface area (Å²) < 4.78 is 0. The number of benzene rings is 1. The van der Waals surface area contributed by atoms with Crippen molar-refractivity contribution in [1.29, 1.82) is 0 Å². The number of nitrogens with zero attached hydrogens (tertiary/aromatic N) is 4. The second kappa shape index (κ2) is 9.78. The molecule has 1 amide bonds. The minimum Gasteiger partial charge on any atom is -0.359 e. The van der Waals surface area contributed by atoms with Crippen molar-refractivity contribution in [1.82, 2.24) is 20.3 Å². The highest BCUT2D eigenvalue weighted by Crippen LogP contribution is 2.20. The normalized spacial score (nSPS) is 11.7. The van der Waals surface area contributed by atoms with E-state index in [1.165, 1.54) is 5.56 Å². The minimum absolute atomic E-state index is 0.0884. The number of anilines is 1. The summed E-state index contributed by atoms with van der Waals surface area (Å²) >= 11 is 0. The molecule has 1 N–H and O–H groups in total. The van der Waals surface area contributed by atoms with Gasteiger partial charge in [-0.3, -0.25) is 9.78 Å². The predicted octanol–water partition coefficient (Wildman–Crippen LogP) is 3.75. The van der Waals surface area contributed by atoms with Crippen LogP contribution in [0.5, 0.6) is 0 Å². The fraction of sp³-hybridized carbons (Fsp3) is 0.304. The van der Waals surface area contributed by atoms with Crippen molar-refractivity contribution in [2.75, 3.05) is 18.5 Å². The molecular formula is C23H27N5O. The number of hydrogen-bond donors (Lipinski definition) is 1. The van der Waals surface area contributed by atoms with Crippen LogP contribution in [0.1, 0.15) is 36.3 Å². The van der Waals surface area contributed by atoms with Gasteiger partial charge in [0.15, 0.2) is 5.82 Å². The lowest BCUT2D eigenvalue weighted by atomic mass is 10.2. The van der Waals surface area contributed by atoms with Gasteiger partial charge in [0, 0.05) is 43.7 Å². The van der Waals surface area contributed by atoms with Gasteiger partial charge in [-0.2, -0.15) is 0 Å². The van der Waals surface area contributed by atoms with E-state index >= 15 is 0 Å². The van der Waals surface area contributed by atoms with Crippen LogP contribution in [0.4, 0.5) is 5.82 Å². The summed E-state index contributed by atoms with van der Waals surface area (Å²) in [5.41, 5.74) is 2.47. The second-order valence-electron chi connectivity index (χ2n) is 7.11. The fourth-order valence-corrected chi connectivity index (χ4v) is 2.82. The van der Waals surface area contributed by atoms with Crippen molar-refractivity contribution in [3.63, 3.8) is 0 Å². The highest BCUT2D eigenvalue weighted by Gasteiger charge is 2.16. The van der Waals surface area contributed by atoms with E-state index in [4.69, 9.17) is 4.98 Å². The van der Waals surface area contributed by atoms with E-state index in [-0.39, 0.29) is 11.9 Å². The van der Waals surface area contributed by atoms with Gasteiger partial charge in [0.1, 0.15) is 11.5 Å². The molecular weight excluding hydrogens is 362 g/mol. The van der Waals surface area contributed by atoms with Crippen LogP contribution in [-0.4, -0.2) is 40.5 Å². The van der Waals surface area contributed by atoms with Crippen LogP contribution < -0.4 is 10.2 Å². The van der Waals surface area contributed by atoms with Gasteiger partial charge in [0.25, 0.3) is 5.91 Å². The number of hydrogen-bond acceptors (Lipinski definition) is 5. The number of rotatable bonds is 8. The summed E-state index contributed by atoms with van der Waals surface area (Å²) in [5, 5.41) is 2.99. The maximum atomic E-state index is 12.7. The summed E-state index contributed by atoms with van der Waals surface area (Å²) in [7, 11) is 1.98. The van der Waals surface area contributed by atoms with Crippen molar-refractivity contribution in [2.45, 2.75) is 32.7 Å². The molecule has 0 saturated carbocycles. The molecule has 2 heterocycles. The van der Waals surface area contributed by atoms with Crippen molar-refractivity contribution in [3.05, 3.63) is 72.2 Å². The Morgan fingerprint density at radius 3 is 2.52 bits per heavy atom. The molecule has 0 spiro atoms. The maximum Gasteiger partial charge on any atom is 0.270 e. The molecule has 6 heteroatoms. The van der Waals surface area contributed by atoms with Crippen molar-refractivity contribution in [3.8, 4) is 11.4 Å². The Balaban J connectivity index is 1.88. The molecule has 0 aliphatic heterocycles. The quantitative estimate of drug-likeness (QED) is 0.635. The molecule has 0 aliphatic carbocycles. The lowest BCUT2D eigenvalue weighted by Crippen LogP contribution is -2.33. The molecule has 0 radical (unpaired) electrons. The Bertz CT molecular complexity index is 931. The molecule has 1 aromatic carbocycles. The van der Waals surface area contributed by atoms with E-state index in [0.29, 0.717) is 11.5 Å². The van der Waals surface area contributed by atoms with Crippen LogP contribution >= 0.6 is 0 Å². The van der Waals surface area contributed by atoms with Gasteiger partial charge >= 0.3 is 0 Å². The first-order valence-electron chi connectivity index (χ1n) is 9.92. The average molecular weight is 390 g/mol. The first-order chi connectivity index (χ1) is 14.1. The smallest absolute Gasteiger partial charge is 0.270 e. The van der Waals surface area contributed by atoms with Gasteiger partial charge in [0.2, 0.25) is 0 Å². The SMILES string of the molecule is CCC(C)NC(=O)c1cc(N(C)CCc2ccncc2)nc(-c2ccccc2)n1. The number of carbonyl (C=O) groups is 1. The summed E-state index contributed by atoms with van der Waals surface area (Å²) in [6.45, 7) is 4.79. The largest absolute Gasteiger partial charge is 0.359 e. The highest BCUT2D eigenvalue weighted by atomic mass is 16.1. The zero-order valence-corrected chi connectivity index (χ0v) is 17.2. The van der Waals surface area contributed by atoms with Crippen LogP contribution in [0.15, 0.2) is 60.9 Å². The molecule has 3 aromatic rings. The third-order valence-corrected chi connectivity index (χ3v) is 4.84. The summed E-state index contributed by atoms with van der Waals surface area (Å²) in [4.78, 5) is 28.1. The van der Waals surface area contributed by atoms with Gasteiger partial charge < -0.3 is 10.2 Å². The maximum absolute atomic E-state index is 12.7. The van der Waals surface area contributed by atoms with Crippen LogP contribution in [0, 0.1) is 0 Å². The molecule has 29 heavy (non-hydrogen) atoms. The number of likely N-dealkylation sites (N-methyl/N-ethyl adjacent to an activating group) is 1. The van der Waals surface area contributed by atoms with E-state index in [2.05, 4.69) is 20.2 Å². The molecule has 0 aliphatic rings. The number of pyridine rings is 1.